The number of hydrogen-bond acceptors (Lipinski definition) is 10. The van der Waals surface area contributed by atoms with Crippen LogP contribution >= 0.6 is 22.6 Å². The monoisotopic (exact) mass is 875 g/mol. The predicted molar refractivity (Wildman–Crippen MR) is 212 cm³/mol. The van der Waals surface area contributed by atoms with Crippen molar-refractivity contribution in [1.29, 1.82) is 0 Å². The molecule has 11 nitrogen and oxygen atoms in total. The Bertz CT molecular complexity index is 1650. The van der Waals surface area contributed by atoms with Gasteiger partial charge in [-0.15, -0.1) is 13.2 Å². The van der Waals surface area contributed by atoms with Gasteiger partial charge in [0.2, 0.25) is 0 Å². The fraction of sp³-hybridized carbons (Fsp3) is 0.553. The van der Waals surface area contributed by atoms with E-state index in [-0.39, 0.29) is 72.2 Å². The van der Waals surface area contributed by atoms with Crippen molar-refractivity contribution in [1.82, 2.24) is 5.32 Å². The molecule has 0 unspecified atom stereocenters. The molecular formula is C38H55IN2O9S2. The highest BCUT2D eigenvalue weighted by atomic mass is 127. The van der Waals surface area contributed by atoms with Crippen LogP contribution in [0.25, 0.3) is 0 Å². The van der Waals surface area contributed by atoms with Gasteiger partial charge in [-0.1, -0.05) is 85.0 Å². The first kappa shape index (κ1) is 42.4. The van der Waals surface area contributed by atoms with Gasteiger partial charge < -0.3 is 30.4 Å². The Morgan fingerprint density at radius 1 is 0.885 bits per heavy atom. The standard InChI is InChI=1S/C19H25NO5S.C18H27NO4S.CH3I/c1-3-7-17-16(12-26(22,23)15-8-5-4-6-9-15)13(2)18(25-17)10-14-11-20-19(21)24-14;1-3-7-17-16(13(2)18(23-17)10-14(20)11-19)12-24(21,22)15-8-5-4-6-9-15;1-2/h3-6,8-9,13-14,16-18H,1,7,10-12H2,2H3,(H,20,21);3-6,8-9,13-14,16-18,20H,1,7,10-12,19H2,2H3;1H3/t2*13-,14+,16-,17+,18-;/m11./s1/i;;1D. The van der Waals surface area contributed by atoms with Gasteiger partial charge in [-0.25, -0.2) is 21.6 Å². The number of carbonyl (C=O) groups is 1. The summed E-state index contributed by atoms with van der Waals surface area (Å²) in [5.74, 6) is -0.134. The zero-order valence-corrected chi connectivity index (χ0v) is 33.8. The van der Waals surface area contributed by atoms with E-state index in [1.165, 1.54) is 0 Å². The van der Waals surface area contributed by atoms with E-state index in [1.54, 1.807) is 72.8 Å². The number of nitrogens with two attached hydrogens (primary N) is 1. The molecule has 3 heterocycles. The smallest absolute Gasteiger partial charge is 0.407 e. The molecule has 1 amide bonds. The summed E-state index contributed by atoms with van der Waals surface area (Å²) in [5, 5.41) is 12.4. The van der Waals surface area contributed by atoms with E-state index < -0.39 is 31.9 Å². The second kappa shape index (κ2) is 20.9. The number of aliphatic hydroxyl groups excluding tert-OH is 1. The minimum absolute atomic E-state index is 0.0228. The second-order valence-electron chi connectivity index (χ2n) is 13.5. The summed E-state index contributed by atoms with van der Waals surface area (Å²) in [5.41, 5.74) is 5.48. The molecule has 3 aliphatic heterocycles. The molecule has 0 saturated carbocycles. The van der Waals surface area contributed by atoms with Crippen LogP contribution in [-0.4, -0.2) is 94.2 Å². The number of hydrogen-bond donors (Lipinski definition) is 3. The molecule has 0 spiro atoms. The minimum Gasteiger partial charge on any atom is -0.444 e. The molecule has 5 rings (SSSR count). The predicted octanol–water partition coefficient (Wildman–Crippen LogP) is 5.37. The number of alkyl carbamates (subject to hydrolysis) is 1. The zero-order valence-electron chi connectivity index (χ0n) is 31.0. The topological polar surface area (TPSA) is 171 Å². The maximum absolute atomic E-state index is 12.8. The van der Waals surface area contributed by atoms with Gasteiger partial charge in [-0.3, -0.25) is 0 Å². The number of aliphatic hydroxyl groups is 1. The summed E-state index contributed by atoms with van der Waals surface area (Å²) in [6, 6.07) is 17.0. The number of benzene rings is 2. The summed E-state index contributed by atoms with van der Waals surface area (Å²) in [6.45, 7) is 12.1. The summed E-state index contributed by atoms with van der Waals surface area (Å²) in [6.07, 6.45) is 3.68. The molecule has 3 fully saturated rings. The number of rotatable bonds is 15. The molecule has 2 aromatic carbocycles. The molecule has 2 aromatic rings. The lowest BCUT2D eigenvalue weighted by Gasteiger charge is -2.21. The molecule has 3 saturated heterocycles. The van der Waals surface area contributed by atoms with E-state index in [0.717, 1.165) is 0 Å². The SMILES string of the molecule is C=CC[C@@H]1O[C@H](C[C@H](O)CN)[C@H](C)[C@H]1CS(=O)(=O)c1ccccc1.C=CC[C@@H]1O[C@H](C[C@H]2CNC(=O)O2)[C@H](C)[C@H]1CS(=O)(=O)c1ccccc1.[2H]CI. The normalized spacial score (nSPS) is 29.3. The highest BCUT2D eigenvalue weighted by Gasteiger charge is 2.45. The lowest BCUT2D eigenvalue weighted by atomic mass is 9.87. The highest BCUT2D eigenvalue weighted by molar-refractivity contribution is 14.1. The Morgan fingerprint density at radius 3 is 1.73 bits per heavy atom. The van der Waals surface area contributed by atoms with Crippen molar-refractivity contribution in [3.8, 4) is 0 Å². The molecule has 290 valence electrons. The molecule has 4 N–H and O–H groups in total. The van der Waals surface area contributed by atoms with Gasteiger partial charge in [0.1, 0.15) is 6.10 Å². The number of sulfone groups is 2. The molecule has 52 heavy (non-hydrogen) atoms. The van der Waals surface area contributed by atoms with Crippen LogP contribution in [0.1, 0.15) is 40.9 Å². The average Bonchev–Trinajstić information content (AvgIpc) is 3.77. The molecule has 0 radical (unpaired) electrons. The highest BCUT2D eigenvalue weighted by Crippen LogP contribution is 2.40. The second-order valence-corrected chi connectivity index (χ2v) is 17.5. The first-order valence-electron chi connectivity index (χ1n) is 18.2. The van der Waals surface area contributed by atoms with Crippen molar-refractivity contribution in [2.45, 2.75) is 85.9 Å². The number of carbonyl (C=O) groups excluding carboxylic acids is 1. The van der Waals surface area contributed by atoms with Crippen molar-refractivity contribution in [3.63, 3.8) is 0 Å². The number of nitrogens with one attached hydrogen (secondary N) is 1. The number of alkyl halides is 1. The lowest BCUT2D eigenvalue weighted by Crippen LogP contribution is -2.30. The summed E-state index contributed by atoms with van der Waals surface area (Å²) < 4.78 is 74.6. The average molecular weight is 876 g/mol. The van der Waals surface area contributed by atoms with Crippen LogP contribution < -0.4 is 11.1 Å². The van der Waals surface area contributed by atoms with Gasteiger partial charge in [-0.2, -0.15) is 0 Å². The van der Waals surface area contributed by atoms with Gasteiger partial charge >= 0.3 is 6.09 Å². The van der Waals surface area contributed by atoms with Crippen molar-refractivity contribution in [3.05, 3.63) is 86.0 Å². The summed E-state index contributed by atoms with van der Waals surface area (Å²) in [7, 11) is -6.79. The molecule has 3 aliphatic rings. The Morgan fingerprint density at radius 2 is 1.33 bits per heavy atom. The van der Waals surface area contributed by atoms with Crippen molar-refractivity contribution < 1.29 is 42.3 Å². The number of halogens is 1. The maximum atomic E-state index is 12.8. The molecular weight excluding hydrogens is 819 g/mol. The van der Waals surface area contributed by atoms with Gasteiger partial charge in [0, 0.05) is 32.6 Å². The quantitative estimate of drug-likeness (QED) is 0.120. The first-order valence-corrected chi connectivity index (χ1v) is 22.3. The number of ether oxygens (including phenoxy) is 3. The fourth-order valence-corrected chi connectivity index (χ4v) is 10.7. The fourth-order valence-electron chi connectivity index (χ4n) is 7.12. The third-order valence-corrected chi connectivity index (χ3v) is 13.7. The van der Waals surface area contributed by atoms with Crippen molar-refractivity contribution in [2.24, 2.45) is 29.4 Å². The summed E-state index contributed by atoms with van der Waals surface area (Å²) >= 11 is 1.96. The van der Waals surface area contributed by atoms with Crippen LogP contribution in [0.5, 0.6) is 0 Å². The van der Waals surface area contributed by atoms with Gasteiger partial charge in [0.05, 0.1) is 58.4 Å². The number of amides is 1. The third-order valence-electron chi connectivity index (χ3n) is 10.0. The van der Waals surface area contributed by atoms with E-state index in [2.05, 4.69) is 18.5 Å². The van der Waals surface area contributed by atoms with Crippen LogP contribution in [0, 0.1) is 23.7 Å². The molecule has 14 heteroatoms. The number of cyclic esters (lactones) is 1. The third kappa shape index (κ3) is 12.1. The Kier molecular flexibility index (Phi) is 17.1. The van der Waals surface area contributed by atoms with Crippen LogP contribution in [0.2, 0.25) is 0 Å². The van der Waals surface area contributed by atoms with Crippen molar-refractivity contribution in [2.75, 3.05) is 29.5 Å². The van der Waals surface area contributed by atoms with Crippen LogP contribution in [0.4, 0.5) is 4.79 Å². The van der Waals surface area contributed by atoms with E-state index in [1.807, 2.05) is 36.4 Å². The Labute approximate surface area is 325 Å². The van der Waals surface area contributed by atoms with E-state index in [9.17, 15) is 26.7 Å². The Hall–Kier alpha value is -2.34. The molecule has 0 bridgehead atoms. The van der Waals surface area contributed by atoms with Gasteiger partial charge in [-0.05, 0) is 53.8 Å². The van der Waals surface area contributed by atoms with Gasteiger partial charge in [0.15, 0.2) is 19.7 Å². The summed E-state index contributed by atoms with van der Waals surface area (Å²) in [4.78, 5) is 12.4. The van der Waals surface area contributed by atoms with Crippen molar-refractivity contribution >= 4 is 48.4 Å². The first-order chi connectivity index (χ1) is 25.2. The Balaban J connectivity index is 0.000000267. The van der Waals surface area contributed by atoms with Gasteiger partial charge in [0.25, 0.3) is 0 Å². The lowest BCUT2D eigenvalue weighted by molar-refractivity contribution is 0.00346. The largest absolute Gasteiger partial charge is 0.444 e. The van der Waals surface area contributed by atoms with Crippen LogP contribution in [0.15, 0.2) is 95.8 Å². The molecule has 10 atom stereocenters. The maximum Gasteiger partial charge on any atom is 0.407 e. The van der Waals surface area contributed by atoms with E-state index in [0.29, 0.717) is 46.9 Å². The van der Waals surface area contributed by atoms with E-state index in [4.69, 9.17) is 21.3 Å². The minimum atomic E-state index is -3.40. The van der Waals surface area contributed by atoms with E-state index >= 15 is 0 Å². The molecule has 0 aromatic heterocycles. The van der Waals surface area contributed by atoms with Crippen LogP contribution in [0.3, 0.4) is 0 Å². The van der Waals surface area contributed by atoms with Crippen LogP contribution in [-0.2, 0) is 33.9 Å². The molecule has 0 aliphatic carbocycles. The zero-order chi connectivity index (χ0) is 39.2.